The third-order valence-electron chi connectivity index (χ3n) is 10.1. The molecule has 0 bridgehead atoms. The molecule has 2 N–H and O–H groups in total. The Morgan fingerprint density at radius 2 is 1.49 bits per heavy atom. The second kappa shape index (κ2) is 13.3. The molecule has 2 aliphatic heterocycles. The Morgan fingerprint density at radius 1 is 0.894 bits per heavy atom. The zero-order chi connectivity index (χ0) is 35.1. The monoisotopic (exact) mass is 664 g/mol. The van der Waals surface area contributed by atoms with E-state index in [0.29, 0.717) is 6.42 Å². The van der Waals surface area contributed by atoms with Gasteiger partial charge in [0.15, 0.2) is 35.6 Å². The maximum atomic E-state index is 13.3. The first-order chi connectivity index (χ1) is 21.9. The van der Waals surface area contributed by atoms with Gasteiger partial charge in [-0.15, -0.1) is 0 Å². The highest BCUT2D eigenvalue weighted by atomic mass is 16.7. The van der Waals surface area contributed by atoms with Crippen molar-refractivity contribution >= 4 is 29.8 Å². The lowest BCUT2D eigenvalue weighted by atomic mass is 9.55. The molecule has 13 nitrogen and oxygen atoms in total. The quantitative estimate of drug-likeness (QED) is 0.114. The van der Waals surface area contributed by atoms with E-state index in [0.717, 1.165) is 46.5 Å². The smallest absolute Gasteiger partial charge is 0.342 e. The van der Waals surface area contributed by atoms with Crippen LogP contribution in [-0.2, 0) is 52.4 Å². The van der Waals surface area contributed by atoms with E-state index >= 15 is 0 Å². The van der Waals surface area contributed by atoms with Crippen LogP contribution in [0, 0.1) is 11.3 Å². The molecule has 2 fully saturated rings. The minimum Gasteiger partial charge on any atom is -0.459 e. The maximum Gasteiger partial charge on any atom is 0.342 e. The van der Waals surface area contributed by atoms with Gasteiger partial charge in [-0.1, -0.05) is 51.7 Å². The van der Waals surface area contributed by atoms with Crippen LogP contribution < -0.4 is 0 Å². The molecular weight excluding hydrogens is 616 g/mol. The van der Waals surface area contributed by atoms with Crippen LogP contribution >= 0.6 is 0 Å². The minimum atomic E-state index is -2.12. The highest BCUT2D eigenvalue weighted by molar-refractivity contribution is 5.89. The largest absolute Gasteiger partial charge is 0.459 e. The van der Waals surface area contributed by atoms with Crippen molar-refractivity contribution in [2.45, 2.75) is 147 Å². The Hall–Kier alpha value is -3.29. The molecule has 0 radical (unpaired) electrons. The van der Waals surface area contributed by atoms with E-state index in [4.69, 9.17) is 28.4 Å². The highest BCUT2D eigenvalue weighted by Gasteiger charge is 2.88. The molecule has 0 aromatic rings. The van der Waals surface area contributed by atoms with Crippen molar-refractivity contribution in [1.29, 1.82) is 0 Å². The summed E-state index contributed by atoms with van der Waals surface area (Å²) in [6.45, 7) is 11.5. The number of aliphatic hydroxyl groups is 2. The zero-order valence-electron chi connectivity index (χ0n) is 28.4. The number of fused-ring (bicyclic) bond motifs is 1. The lowest BCUT2D eigenvalue weighted by Gasteiger charge is -2.55. The molecule has 262 valence electrons. The van der Waals surface area contributed by atoms with Gasteiger partial charge in [-0.2, -0.15) is 0 Å². The van der Waals surface area contributed by atoms with Gasteiger partial charge in [0.05, 0.1) is 5.60 Å². The lowest BCUT2D eigenvalue weighted by molar-refractivity contribution is -0.230. The lowest BCUT2D eigenvalue weighted by Crippen LogP contribution is -2.69. The molecule has 0 unspecified atom stereocenters. The molecule has 2 aliphatic carbocycles. The predicted molar refractivity (Wildman–Crippen MR) is 163 cm³/mol. The van der Waals surface area contributed by atoms with E-state index in [-0.39, 0.29) is 12.0 Å². The van der Waals surface area contributed by atoms with Crippen molar-refractivity contribution in [3.05, 3.63) is 23.8 Å². The van der Waals surface area contributed by atoms with Crippen LogP contribution in [0.15, 0.2) is 23.8 Å². The second-order valence-electron chi connectivity index (χ2n) is 13.7. The first-order valence-electron chi connectivity index (χ1n) is 16.3. The fourth-order valence-corrected chi connectivity index (χ4v) is 7.73. The van der Waals surface area contributed by atoms with E-state index in [1.54, 1.807) is 13.8 Å². The Morgan fingerprint density at radius 3 is 2.06 bits per heavy atom. The first kappa shape index (κ1) is 36.5. The summed E-state index contributed by atoms with van der Waals surface area (Å²) in [7, 11) is 0. The van der Waals surface area contributed by atoms with Crippen molar-refractivity contribution in [3.8, 4) is 0 Å². The van der Waals surface area contributed by atoms with E-state index in [2.05, 4.69) is 6.92 Å². The van der Waals surface area contributed by atoms with Crippen LogP contribution in [0.5, 0.6) is 0 Å². The van der Waals surface area contributed by atoms with Crippen LogP contribution in [0.3, 0.4) is 0 Å². The van der Waals surface area contributed by atoms with Gasteiger partial charge in [0, 0.05) is 38.5 Å². The summed E-state index contributed by atoms with van der Waals surface area (Å²) in [5.41, 5.74) is -6.81. The van der Waals surface area contributed by atoms with Crippen LogP contribution in [0.25, 0.3) is 0 Å². The van der Waals surface area contributed by atoms with Gasteiger partial charge in [-0.05, 0) is 38.8 Å². The number of carbonyl (C=O) groups is 5. The Kier molecular flexibility index (Phi) is 10.4. The summed E-state index contributed by atoms with van der Waals surface area (Å²) in [5, 5.41) is 23.2. The van der Waals surface area contributed by atoms with E-state index in [9.17, 15) is 34.2 Å². The normalized spacial score (nSPS) is 41.5. The Bertz CT molecular complexity index is 1330. The molecule has 0 amide bonds. The predicted octanol–water partition coefficient (Wildman–Crippen LogP) is 2.77. The summed E-state index contributed by atoms with van der Waals surface area (Å²) in [5.74, 6) is -5.11. The second-order valence-corrected chi connectivity index (χ2v) is 13.7. The molecule has 0 saturated carbocycles. The molecule has 0 aromatic carbocycles. The zero-order valence-corrected chi connectivity index (χ0v) is 28.4. The standard InChI is InChI=1S/C34H48O13/c1-9-10-11-12-13-14-24(39)46-25-18(2)17-23-34(33(8,47-34)30(40)45-23)29(44-21(5)37)27-31(6,16-15-22(38)32(27,7)41)28(43-20(4)36)26(25)42-19(3)35/h15-17,22-23,25-29,38,41H,9-14H2,1-8H3/b18-17-/t22-,23+,25+,26-,27-,28+,29-,31+,32-,33+,34+/m1/s1. The molecule has 47 heavy (non-hydrogen) atoms. The van der Waals surface area contributed by atoms with Crippen molar-refractivity contribution in [1.82, 2.24) is 0 Å². The molecule has 1 spiro atoms. The summed E-state index contributed by atoms with van der Waals surface area (Å²) in [4.78, 5) is 64.8. The number of hydrogen-bond acceptors (Lipinski definition) is 13. The first-order valence-corrected chi connectivity index (χ1v) is 16.3. The number of rotatable bonds is 10. The van der Waals surface area contributed by atoms with Gasteiger partial charge in [0.1, 0.15) is 12.2 Å². The molecule has 4 rings (SSSR count). The SMILES string of the molecule is CCCCCCCC(=O)O[C@H]1/C(C)=C\[C@@H]2OC(=O)[C@]3(C)O[C@]23[C@H](OC(C)=O)[C@H]2[C@](C)(O)[C@H](O)C=C[C@]2(C)[C@@H](OC(C)=O)[C@@H]1OC(C)=O. The topological polar surface area (TPSA) is 184 Å². The van der Waals surface area contributed by atoms with Crippen molar-refractivity contribution in [2.24, 2.45) is 11.3 Å². The molecule has 0 aromatic heterocycles. The fraction of sp³-hybridized carbons (Fsp3) is 0.735. The molecule has 2 saturated heterocycles. The van der Waals surface area contributed by atoms with Crippen molar-refractivity contribution < 1.29 is 62.6 Å². The number of unbranched alkanes of at least 4 members (excludes halogenated alkanes) is 4. The maximum absolute atomic E-state index is 13.3. The van der Waals surface area contributed by atoms with Crippen LogP contribution in [0.4, 0.5) is 0 Å². The minimum absolute atomic E-state index is 0.0667. The number of epoxide rings is 1. The van der Waals surface area contributed by atoms with Gasteiger partial charge in [-0.3, -0.25) is 19.2 Å². The number of ether oxygens (including phenoxy) is 6. The fourth-order valence-electron chi connectivity index (χ4n) is 7.73. The third-order valence-corrected chi connectivity index (χ3v) is 10.1. The van der Waals surface area contributed by atoms with Crippen LogP contribution in [0.2, 0.25) is 0 Å². The van der Waals surface area contributed by atoms with Crippen molar-refractivity contribution in [2.75, 3.05) is 0 Å². The summed E-state index contributed by atoms with van der Waals surface area (Å²) in [6.07, 6.45) is 0.0981. The molecule has 13 heteroatoms. The number of aliphatic hydroxyl groups excluding tert-OH is 1. The van der Waals surface area contributed by atoms with Gasteiger partial charge < -0.3 is 38.6 Å². The van der Waals surface area contributed by atoms with Crippen LogP contribution in [-0.4, -0.2) is 93.5 Å². The van der Waals surface area contributed by atoms with Gasteiger partial charge in [0.25, 0.3) is 0 Å². The Balaban J connectivity index is 1.98. The average molecular weight is 665 g/mol. The summed E-state index contributed by atoms with van der Waals surface area (Å²) < 4.78 is 35.6. The van der Waals surface area contributed by atoms with E-state index < -0.39 is 94.6 Å². The van der Waals surface area contributed by atoms with Crippen molar-refractivity contribution in [3.63, 3.8) is 0 Å². The highest BCUT2D eigenvalue weighted by Crippen LogP contribution is 2.65. The molecular formula is C34H48O13. The van der Waals surface area contributed by atoms with Gasteiger partial charge in [-0.25, -0.2) is 4.79 Å². The molecule has 4 aliphatic rings. The average Bonchev–Trinajstić information content (AvgIpc) is 3.55. The summed E-state index contributed by atoms with van der Waals surface area (Å²) >= 11 is 0. The Labute approximate surface area is 274 Å². The summed E-state index contributed by atoms with van der Waals surface area (Å²) in [6, 6.07) is 0. The third kappa shape index (κ3) is 6.46. The molecule has 2 heterocycles. The van der Waals surface area contributed by atoms with Crippen LogP contribution in [0.1, 0.15) is 93.9 Å². The number of esters is 5. The molecule has 11 atom stereocenters. The van der Waals surface area contributed by atoms with Gasteiger partial charge >= 0.3 is 29.8 Å². The van der Waals surface area contributed by atoms with E-state index in [1.807, 2.05) is 0 Å². The number of carbonyl (C=O) groups excluding carboxylic acids is 5. The van der Waals surface area contributed by atoms with E-state index in [1.165, 1.54) is 32.1 Å². The number of hydrogen-bond donors (Lipinski definition) is 2. The van der Waals surface area contributed by atoms with Gasteiger partial charge in [0.2, 0.25) is 0 Å².